The monoisotopic (exact) mass is 479 g/mol. The number of nitrogens with zero attached hydrogens (tertiary/aromatic N) is 2. The van der Waals surface area contributed by atoms with Gasteiger partial charge in [0.25, 0.3) is 5.91 Å². The number of aromatic nitrogens is 2. The average Bonchev–Trinajstić information content (AvgIpc) is 3.27. The van der Waals surface area contributed by atoms with Crippen molar-refractivity contribution in [2.24, 2.45) is 0 Å². The first-order valence-electron chi connectivity index (χ1n) is 9.54. The molecule has 0 fully saturated rings. The van der Waals surface area contributed by atoms with Crippen molar-refractivity contribution in [3.05, 3.63) is 101 Å². The van der Waals surface area contributed by atoms with E-state index in [-0.39, 0.29) is 11.3 Å². The van der Waals surface area contributed by atoms with E-state index < -0.39 is 46.6 Å². The van der Waals surface area contributed by atoms with E-state index in [0.29, 0.717) is 11.3 Å². The van der Waals surface area contributed by atoms with E-state index in [1.807, 2.05) is 0 Å². The molecule has 0 radical (unpaired) electrons. The number of carbonyl (C=O) groups is 1. The number of amides is 1. The van der Waals surface area contributed by atoms with Gasteiger partial charge in [-0.3, -0.25) is 4.79 Å². The molecule has 0 saturated heterocycles. The number of halogens is 7. The highest BCUT2D eigenvalue weighted by molar-refractivity contribution is 6.08. The second kappa shape index (κ2) is 8.65. The van der Waals surface area contributed by atoms with E-state index in [4.69, 9.17) is 0 Å². The van der Waals surface area contributed by atoms with Crippen LogP contribution < -0.4 is 5.32 Å². The molecular weight excluding hydrogens is 467 g/mol. The summed E-state index contributed by atoms with van der Waals surface area (Å²) in [7, 11) is 0. The second-order valence-corrected chi connectivity index (χ2v) is 7.00. The summed E-state index contributed by atoms with van der Waals surface area (Å²) < 4.78 is 96.2. The number of nitrogens with one attached hydrogen (secondary N) is 1. The standard InChI is InChI=1S/C23H12F7N3O/c24-16-15(23(28,29)30)17(25)19(27)21(18(16)26)31-22(34)14-11-33(13-9-5-2-6-10-13)32-20(14)12-7-3-1-4-8-12/h1-11H,(H,31,34). The van der Waals surface area contributed by atoms with Crippen molar-refractivity contribution in [1.82, 2.24) is 9.78 Å². The van der Waals surface area contributed by atoms with Crippen molar-refractivity contribution < 1.29 is 35.5 Å². The van der Waals surface area contributed by atoms with Crippen molar-refractivity contribution in [3.63, 3.8) is 0 Å². The Labute approximate surface area is 187 Å². The predicted molar refractivity (Wildman–Crippen MR) is 108 cm³/mol. The molecule has 1 aromatic heterocycles. The van der Waals surface area contributed by atoms with Gasteiger partial charge >= 0.3 is 6.18 Å². The number of carbonyl (C=O) groups excluding carboxylic acids is 1. The van der Waals surface area contributed by atoms with Crippen LogP contribution in [0.1, 0.15) is 15.9 Å². The zero-order valence-electron chi connectivity index (χ0n) is 16.8. The maximum atomic E-state index is 14.3. The predicted octanol–water partition coefficient (Wildman–Crippen LogP) is 6.37. The Morgan fingerprint density at radius 3 is 1.85 bits per heavy atom. The van der Waals surface area contributed by atoms with Crippen molar-refractivity contribution in [2.75, 3.05) is 5.32 Å². The maximum absolute atomic E-state index is 14.3. The maximum Gasteiger partial charge on any atom is 0.422 e. The minimum Gasteiger partial charge on any atom is -0.317 e. The molecule has 3 aromatic carbocycles. The van der Waals surface area contributed by atoms with Crippen LogP contribution in [-0.2, 0) is 6.18 Å². The topological polar surface area (TPSA) is 46.9 Å². The Balaban J connectivity index is 1.81. The van der Waals surface area contributed by atoms with Crippen LogP contribution in [0.4, 0.5) is 36.4 Å². The summed E-state index contributed by atoms with van der Waals surface area (Å²) in [5.74, 6) is -11.4. The number of alkyl halides is 3. The van der Waals surface area contributed by atoms with Gasteiger partial charge in [-0.1, -0.05) is 48.5 Å². The summed E-state index contributed by atoms with van der Waals surface area (Å²) in [6.07, 6.45) is -4.49. The summed E-state index contributed by atoms with van der Waals surface area (Å²) in [5.41, 5.74) is -3.69. The first-order chi connectivity index (χ1) is 16.1. The van der Waals surface area contributed by atoms with Gasteiger partial charge in [0.2, 0.25) is 0 Å². The van der Waals surface area contributed by atoms with Crippen LogP contribution in [0.2, 0.25) is 0 Å². The van der Waals surface area contributed by atoms with Crippen molar-refractivity contribution in [1.29, 1.82) is 0 Å². The van der Waals surface area contributed by atoms with Crippen molar-refractivity contribution in [2.45, 2.75) is 6.18 Å². The van der Waals surface area contributed by atoms with Crippen LogP contribution >= 0.6 is 0 Å². The first kappa shape index (κ1) is 23.0. The van der Waals surface area contributed by atoms with E-state index in [9.17, 15) is 35.5 Å². The third kappa shape index (κ3) is 4.12. The first-order valence-corrected chi connectivity index (χ1v) is 9.54. The Morgan fingerprint density at radius 1 is 0.794 bits per heavy atom. The molecule has 1 heterocycles. The summed E-state index contributed by atoms with van der Waals surface area (Å²) in [6, 6.07) is 16.6. The molecule has 174 valence electrons. The molecule has 0 unspecified atom stereocenters. The molecule has 34 heavy (non-hydrogen) atoms. The largest absolute Gasteiger partial charge is 0.422 e. The third-order valence-corrected chi connectivity index (χ3v) is 4.81. The highest BCUT2D eigenvalue weighted by Crippen LogP contribution is 2.38. The third-order valence-electron chi connectivity index (χ3n) is 4.81. The van der Waals surface area contributed by atoms with E-state index in [0.717, 1.165) is 0 Å². The lowest BCUT2D eigenvalue weighted by Gasteiger charge is -2.14. The fourth-order valence-corrected chi connectivity index (χ4v) is 3.23. The van der Waals surface area contributed by atoms with Crippen LogP contribution in [0.15, 0.2) is 66.9 Å². The van der Waals surface area contributed by atoms with Crippen molar-refractivity contribution >= 4 is 11.6 Å². The smallest absolute Gasteiger partial charge is 0.317 e. The van der Waals surface area contributed by atoms with Crippen LogP contribution in [0.5, 0.6) is 0 Å². The zero-order valence-corrected chi connectivity index (χ0v) is 16.8. The van der Waals surface area contributed by atoms with Gasteiger partial charge in [-0.2, -0.15) is 18.3 Å². The molecule has 0 atom stereocenters. The molecular formula is C23H12F7N3O. The Morgan fingerprint density at radius 2 is 1.32 bits per heavy atom. The highest BCUT2D eigenvalue weighted by Gasteiger charge is 2.42. The summed E-state index contributed by atoms with van der Waals surface area (Å²) in [4.78, 5) is 12.9. The molecule has 0 bridgehead atoms. The molecule has 1 amide bonds. The fraction of sp³-hybridized carbons (Fsp3) is 0.0435. The molecule has 0 aliphatic carbocycles. The van der Waals surface area contributed by atoms with E-state index in [1.54, 1.807) is 66.0 Å². The van der Waals surface area contributed by atoms with Crippen LogP contribution in [-0.4, -0.2) is 15.7 Å². The van der Waals surface area contributed by atoms with Crippen LogP contribution in [0.25, 0.3) is 16.9 Å². The summed E-state index contributed by atoms with van der Waals surface area (Å²) in [6.45, 7) is 0. The number of para-hydroxylation sites is 1. The van der Waals surface area contributed by atoms with Gasteiger partial charge in [-0.15, -0.1) is 0 Å². The van der Waals surface area contributed by atoms with Gasteiger partial charge in [-0.25, -0.2) is 22.2 Å². The number of anilines is 1. The highest BCUT2D eigenvalue weighted by atomic mass is 19.4. The quantitative estimate of drug-likeness (QED) is 0.273. The van der Waals surface area contributed by atoms with E-state index in [1.165, 1.54) is 10.9 Å². The SMILES string of the molecule is O=C(Nc1c(F)c(F)c(C(F)(F)F)c(F)c1F)c1cn(-c2ccccc2)nc1-c1ccccc1. The molecule has 0 aliphatic heterocycles. The molecule has 11 heteroatoms. The number of hydrogen-bond acceptors (Lipinski definition) is 2. The molecule has 4 rings (SSSR count). The fourth-order valence-electron chi connectivity index (χ4n) is 3.23. The molecule has 1 N–H and O–H groups in total. The zero-order chi connectivity index (χ0) is 24.6. The average molecular weight is 479 g/mol. The minimum absolute atomic E-state index is 0.0515. The molecule has 0 saturated carbocycles. The molecule has 0 spiro atoms. The lowest BCUT2D eigenvalue weighted by atomic mass is 10.1. The Hall–Kier alpha value is -4.15. The number of hydrogen-bond donors (Lipinski definition) is 1. The normalized spacial score (nSPS) is 11.5. The number of benzene rings is 3. The Bertz CT molecular complexity index is 1340. The van der Waals surface area contributed by atoms with Crippen LogP contribution in [0.3, 0.4) is 0 Å². The van der Waals surface area contributed by atoms with Gasteiger partial charge in [0.15, 0.2) is 23.3 Å². The summed E-state index contributed by atoms with van der Waals surface area (Å²) >= 11 is 0. The minimum atomic E-state index is -5.70. The van der Waals surface area contributed by atoms with Crippen molar-refractivity contribution in [3.8, 4) is 16.9 Å². The van der Waals surface area contributed by atoms with Gasteiger partial charge in [0.1, 0.15) is 16.9 Å². The molecule has 4 nitrogen and oxygen atoms in total. The van der Waals surface area contributed by atoms with E-state index in [2.05, 4.69) is 5.10 Å². The Kier molecular flexibility index (Phi) is 5.86. The van der Waals surface area contributed by atoms with Gasteiger partial charge < -0.3 is 5.32 Å². The number of rotatable bonds is 4. The molecule has 4 aromatic rings. The van der Waals surface area contributed by atoms with E-state index >= 15 is 0 Å². The van der Waals surface area contributed by atoms with Gasteiger partial charge in [-0.05, 0) is 12.1 Å². The molecule has 0 aliphatic rings. The summed E-state index contributed by atoms with van der Waals surface area (Å²) in [5, 5.41) is 5.95. The van der Waals surface area contributed by atoms with Crippen LogP contribution in [0, 0.1) is 23.3 Å². The second-order valence-electron chi connectivity index (χ2n) is 7.00. The van der Waals surface area contributed by atoms with Gasteiger partial charge in [0, 0.05) is 11.8 Å². The lowest BCUT2D eigenvalue weighted by Crippen LogP contribution is -2.20. The van der Waals surface area contributed by atoms with Gasteiger partial charge in [0.05, 0.1) is 11.3 Å². The lowest BCUT2D eigenvalue weighted by molar-refractivity contribution is -0.143.